The highest BCUT2D eigenvalue weighted by molar-refractivity contribution is 5.96. The molecule has 2 heterocycles. The number of carbonyl (C=O) groups is 1. The summed E-state index contributed by atoms with van der Waals surface area (Å²) in [5, 5.41) is 0. The van der Waals surface area contributed by atoms with Crippen molar-refractivity contribution in [2.75, 3.05) is 38.2 Å². The molecule has 1 saturated carbocycles. The molecule has 1 spiro atoms. The second-order valence-corrected chi connectivity index (χ2v) is 8.99. The lowest BCUT2D eigenvalue weighted by Crippen LogP contribution is -2.46. The number of amides is 1. The molecule has 0 N–H and O–H groups in total. The summed E-state index contributed by atoms with van der Waals surface area (Å²) < 4.78 is 5.50. The van der Waals surface area contributed by atoms with Crippen molar-refractivity contribution in [3.05, 3.63) is 23.8 Å². The topological polar surface area (TPSA) is 32.8 Å². The van der Waals surface area contributed by atoms with Gasteiger partial charge in [-0.25, -0.2) is 0 Å². The molecule has 2 aliphatic heterocycles. The van der Waals surface area contributed by atoms with Crippen molar-refractivity contribution >= 4 is 11.6 Å². The number of methoxy groups -OCH3 is 1. The number of piperidine rings is 1. The first kappa shape index (κ1) is 17.8. The van der Waals surface area contributed by atoms with Crippen molar-refractivity contribution in [2.24, 2.45) is 11.8 Å². The maximum atomic E-state index is 12.9. The molecule has 26 heavy (non-hydrogen) atoms. The third kappa shape index (κ3) is 3.36. The maximum Gasteiger partial charge on any atom is 0.227 e. The van der Waals surface area contributed by atoms with Crippen LogP contribution < -0.4 is 9.64 Å². The lowest BCUT2D eigenvalue weighted by atomic mass is 9.74. The molecule has 0 unspecified atom stereocenters. The SMILES string of the molecule is COc1ccc2c(c1)C1(CCN(CC3CC3)CC1)CN2C(=O)CC(C)C. The highest BCUT2D eigenvalue weighted by Gasteiger charge is 2.46. The smallest absolute Gasteiger partial charge is 0.227 e. The van der Waals surface area contributed by atoms with Gasteiger partial charge in [-0.05, 0) is 74.4 Å². The van der Waals surface area contributed by atoms with E-state index in [1.54, 1.807) is 7.11 Å². The molecule has 4 rings (SSSR count). The minimum absolute atomic E-state index is 0.108. The summed E-state index contributed by atoms with van der Waals surface area (Å²) in [6, 6.07) is 6.28. The molecule has 1 aromatic rings. The molecule has 0 atom stereocenters. The van der Waals surface area contributed by atoms with Crippen LogP contribution in [-0.4, -0.2) is 44.1 Å². The number of nitrogens with zero attached hydrogens (tertiary/aromatic N) is 2. The van der Waals surface area contributed by atoms with Gasteiger partial charge in [0.1, 0.15) is 5.75 Å². The van der Waals surface area contributed by atoms with E-state index < -0.39 is 0 Å². The minimum atomic E-state index is 0.108. The molecule has 2 fully saturated rings. The molecule has 142 valence electrons. The van der Waals surface area contributed by atoms with E-state index in [2.05, 4.69) is 35.8 Å². The Morgan fingerprint density at radius 1 is 1.27 bits per heavy atom. The second kappa shape index (κ2) is 6.88. The summed E-state index contributed by atoms with van der Waals surface area (Å²) in [5.74, 6) is 2.51. The van der Waals surface area contributed by atoms with Gasteiger partial charge in [-0.1, -0.05) is 13.8 Å². The Hall–Kier alpha value is -1.55. The van der Waals surface area contributed by atoms with E-state index in [4.69, 9.17) is 4.74 Å². The van der Waals surface area contributed by atoms with Crippen LogP contribution in [0.5, 0.6) is 5.75 Å². The van der Waals surface area contributed by atoms with E-state index >= 15 is 0 Å². The first-order chi connectivity index (χ1) is 12.5. The maximum absolute atomic E-state index is 12.9. The second-order valence-electron chi connectivity index (χ2n) is 8.99. The average Bonchev–Trinajstić information content (AvgIpc) is 3.39. The van der Waals surface area contributed by atoms with E-state index in [1.807, 2.05) is 6.07 Å². The van der Waals surface area contributed by atoms with Crippen molar-refractivity contribution in [3.63, 3.8) is 0 Å². The van der Waals surface area contributed by atoms with Gasteiger partial charge in [0.2, 0.25) is 5.91 Å². The van der Waals surface area contributed by atoms with Crippen molar-refractivity contribution in [2.45, 2.75) is 51.4 Å². The molecule has 1 amide bonds. The number of hydrogen-bond donors (Lipinski definition) is 0. The lowest BCUT2D eigenvalue weighted by Gasteiger charge is -2.40. The fourth-order valence-corrected chi connectivity index (χ4v) is 4.71. The summed E-state index contributed by atoms with van der Waals surface area (Å²) in [6.45, 7) is 8.66. The number of likely N-dealkylation sites (tertiary alicyclic amines) is 1. The van der Waals surface area contributed by atoms with Gasteiger partial charge in [-0.15, -0.1) is 0 Å². The molecule has 0 aromatic heterocycles. The number of ether oxygens (including phenoxy) is 1. The molecule has 1 saturated heterocycles. The van der Waals surface area contributed by atoms with Crippen LogP contribution in [0.2, 0.25) is 0 Å². The number of fused-ring (bicyclic) bond motifs is 2. The fraction of sp³-hybridized carbons (Fsp3) is 0.682. The summed E-state index contributed by atoms with van der Waals surface area (Å²) >= 11 is 0. The summed E-state index contributed by atoms with van der Waals surface area (Å²) in [6.07, 6.45) is 5.74. The zero-order chi connectivity index (χ0) is 18.3. The molecule has 1 aliphatic carbocycles. The van der Waals surface area contributed by atoms with Crippen LogP contribution in [0.15, 0.2) is 18.2 Å². The van der Waals surface area contributed by atoms with Gasteiger partial charge in [0, 0.05) is 30.6 Å². The predicted molar refractivity (Wildman–Crippen MR) is 105 cm³/mol. The normalized spacial score (nSPS) is 22.1. The van der Waals surface area contributed by atoms with Gasteiger partial charge in [0.25, 0.3) is 0 Å². The Kier molecular flexibility index (Phi) is 4.72. The van der Waals surface area contributed by atoms with Gasteiger partial charge in [-0.3, -0.25) is 4.79 Å². The van der Waals surface area contributed by atoms with Crippen LogP contribution in [0.25, 0.3) is 0 Å². The molecule has 3 aliphatic rings. The average molecular weight is 357 g/mol. The fourth-order valence-electron chi connectivity index (χ4n) is 4.71. The van der Waals surface area contributed by atoms with Crippen LogP contribution in [0, 0.1) is 11.8 Å². The van der Waals surface area contributed by atoms with Crippen molar-refractivity contribution in [3.8, 4) is 5.75 Å². The van der Waals surface area contributed by atoms with Gasteiger partial charge >= 0.3 is 0 Å². The van der Waals surface area contributed by atoms with Gasteiger partial charge in [0.05, 0.1) is 7.11 Å². The van der Waals surface area contributed by atoms with Crippen LogP contribution in [0.3, 0.4) is 0 Å². The third-order valence-electron chi connectivity index (χ3n) is 6.44. The monoisotopic (exact) mass is 356 g/mol. The summed E-state index contributed by atoms with van der Waals surface area (Å²) in [5.41, 5.74) is 2.56. The Labute approximate surface area is 157 Å². The van der Waals surface area contributed by atoms with Crippen LogP contribution in [-0.2, 0) is 10.2 Å². The van der Waals surface area contributed by atoms with E-state index in [9.17, 15) is 4.79 Å². The highest BCUT2D eigenvalue weighted by atomic mass is 16.5. The zero-order valence-corrected chi connectivity index (χ0v) is 16.5. The van der Waals surface area contributed by atoms with Gasteiger partial charge in [-0.2, -0.15) is 0 Å². The number of rotatable bonds is 5. The lowest BCUT2D eigenvalue weighted by molar-refractivity contribution is -0.119. The molecule has 0 bridgehead atoms. The summed E-state index contributed by atoms with van der Waals surface area (Å²) in [7, 11) is 1.73. The molecular weight excluding hydrogens is 324 g/mol. The van der Waals surface area contributed by atoms with Crippen LogP contribution >= 0.6 is 0 Å². The largest absolute Gasteiger partial charge is 0.497 e. The third-order valence-corrected chi connectivity index (χ3v) is 6.44. The van der Waals surface area contributed by atoms with E-state index in [0.29, 0.717) is 12.3 Å². The molecular formula is C22H32N2O2. The molecule has 0 radical (unpaired) electrons. The minimum Gasteiger partial charge on any atom is -0.497 e. The number of carbonyl (C=O) groups excluding carboxylic acids is 1. The van der Waals surface area contributed by atoms with Gasteiger partial charge < -0.3 is 14.5 Å². The molecule has 1 aromatic carbocycles. The zero-order valence-electron chi connectivity index (χ0n) is 16.5. The first-order valence-corrected chi connectivity index (χ1v) is 10.2. The Balaban J connectivity index is 1.58. The quantitative estimate of drug-likeness (QED) is 0.804. The molecule has 4 nitrogen and oxygen atoms in total. The van der Waals surface area contributed by atoms with Crippen LogP contribution in [0.4, 0.5) is 5.69 Å². The first-order valence-electron chi connectivity index (χ1n) is 10.2. The number of hydrogen-bond acceptors (Lipinski definition) is 3. The van der Waals surface area contributed by atoms with Crippen molar-refractivity contribution in [1.82, 2.24) is 4.90 Å². The predicted octanol–water partition coefficient (Wildman–Crippen LogP) is 3.83. The van der Waals surface area contributed by atoms with Crippen molar-refractivity contribution in [1.29, 1.82) is 0 Å². The summed E-state index contributed by atoms with van der Waals surface area (Å²) in [4.78, 5) is 17.6. The van der Waals surface area contributed by atoms with E-state index in [0.717, 1.165) is 49.8 Å². The Morgan fingerprint density at radius 3 is 2.62 bits per heavy atom. The standard InChI is InChI=1S/C22H32N2O2/c1-16(2)12-21(25)24-15-22(19-13-18(26-3)6-7-20(19)24)8-10-23(11-9-22)14-17-4-5-17/h6-7,13,16-17H,4-5,8-12,14-15H2,1-3H3. The van der Waals surface area contributed by atoms with Crippen molar-refractivity contribution < 1.29 is 9.53 Å². The Bertz CT molecular complexity index is 673. The number of anilines is 1. The van der Waals surface area contributed by atoms with Gasteiger partial charge in [0.15, 0.2) is 0 Å². The van der Waals surface area contributed by atoms with Crippen LogP contribution in [0.1, 0.15) is 51.5 Å². The number of benzene rings is 1. The highest BCUT2D eigenvalue weighted by Crippen LogP contribution is 2.49. The molecule has 4 heteroatoms. The Morgan fingerprint density at radius 2 is 2.00 bits per heavy atom. The van der Waals surface area contributed by atoms with E-state index in [1.165, 1.54) is 24.9 Å². The van der Waals surface area contributed by atoms with E-state index in [-0.39, 0.29) is 11.3 Å².